The SMILES string of the molecule is CCOc1ccc(NS(=O)(=O)c2cccc(Nc3nc4ccccc4nc3NS(=O)(=O)c3ccc(Cl)s3)c2)cc1. The van der Waals surface area contributed by atoms with E-state index in [0.717, 1.165) is 11.3 Å². The van der Waals surface area contributed by atoms with E-state index < -0.39 is 20.0 Å². The molecule has 0 aliphatic heterocycles. The highest BCUT2D eigenvalue weighted by Crippen LogP contribution is 2.31. The molecule has 0 amide bonds. The standard InChI is InChI=1S/C26H22ClN5O5S3/c1-2-37-19-12-10-17(11-13-19)31-39(33,34)20-7-5-6-18(16-20)28-25-26(30-22-9-4-3-8-21(22)29-25)32-40(35,36)24-15-14-23(27)38-24/h3-16,31H,2H2,1H3,(H,28,29)(H,30,32). The number of thiophene rings is 1. The topological polar surface area (TPSA) is 139 Å². The molecule has 40 heavy (non-hydrogen) atoms. The van der Waals surface area contributed by atoms with Crippen molar-refractivity contribution in [3.8, 4) is 5.75 Å². The molecule has 0 spiro atoms. The molecule has 0 saturated heterocycles. The molecule has 0 radical (unpaired) electrons. The van der Waals surface area contributed by atoms with Gasteiger partial charge < -0.3 is 10.1 Å². The molecular formula is C26H22ClN5O5S3. The lowest BCUT2D eigenvalue weighted by atomic mass is 10.3. The van der Waals surface area contributed by atoms with Gasteiger partial charge in [0.2, 0.25) is 0 Å². The maximum atomic E-state index is 13.1. The van der Waals surface area contributed by atoms with Gasteiger partial charge in [-0.1, -0.05) is 29.8 Å². The van der Waals surface area contributed by atoms with Gasteiger partial charge in [0.25, 0.3) is 20.0 Å². The second-order valence-electron chi connectivity index (χ2n) is 8.29. The highest BCUT2D eigenvalue weighted by atomic mass is 35.5. The molecule has 3 aromatic carbocycles. The van der Waals surface area contributed by atoms with Crippen LogP contribution < -0.4 is 19.5 Å². The summed E-state index contributed by atoms with van der Waals surface area (Å²) in [5.74, 6) is 0.643. The highest BCUT2D eigenvalue weighted by Gasteiger charge is 2.21. The van der Waals surface area contributed by atoms with Crippen LogP contribution in [0.3, 0.4) is 0 Å². The Morgan fingerprint density at radius 3 is 2.12 bits per heavy atom. The van der Waals surface area contributed by atoms with Crippen molar-refractivity contribution in [2.24, 2.45) is 0 Å². The third-order valence-electron chi connectivity index (χ3n) is 5.44. The molecule has 0 atom stereocenters. The number of nitrogens with zero attached hydrogens (tertiary/aromatic N) is 2. The first kappa shape index (κ1) is 27.6. The number of aromatic nitrogens is 2. The van der Waals surface area contributed by atoms with E-state index in [-0.39, 0.29) is 20.7 Å². The molecule has 2 aromatic heterocycles. The summed E-state index contributed by atoms with van der Waals surface area (Å²) in [6.07, 6.45) is 0. The van der Waals surface area contributed by atoms with Gasteiger partial charge in [-0.25, -0.2) is 26.8 Å². The monoisotopic (exact) mass is 615 g/mol. The molecule has 0 fully saturated rings. The van der Waals surface area contributed by atoms with Crippen LogP contribution in [-0.4, -0.2) is 33.4 Å². The number of anilines is 4. The van der Waals surface area contributed by atoms with E-state index in [1.165, 1.54) is 24.3 Å². The number of para-hydroxylation sites is 2. The number of hydrogen-bond donors (Lipinski definition) is 3. The van der Waals surface area contributed by atoms with Crippen LogP contribution in [0.5, 0.6) is 5.75 Å². The molecule has 0 unspecified atom stereocenters. The third-order valence-corrected chi connectivity index (χ3v) is 9.88. The lowest BCUT2D eigenvalue weighted by Crippen LogP contribution is -2.15. The van der Waals surface area contributed by atoms with E-state index in [1.807, 2.05) is 6.92 Å². The van der Waals surface area contributed by atoms with E-state index >= 15 is 0 Å². The van der Waals surface area contributed by atoms with Crippen molar-refractivity contribution in [2.45, 2.75) is 16.0 Å². The fourth-order valence-corrected chi connectivity index (χ4v) is 7.25. The molecule has 206 valence electrons. The lowest BCUT2D eigenvalue weighted by Gasteiger charge is -2.14. The van der Waals surface area contributed by atoms with E-state index in [4.69, 9.17) is 16.3 Å². The normalized spacial score (nSPS) is 11.8. The van der Waals surface area contributed by atoms with Gasteiger partial charge >= 0.3 is 0 Å². The van der Waals surface area contributed by atoms with Crippen molar-refractivity contribution in [3.05, 3.63) is 89.3 Å². The van der Waals surface area contributed by atoms with Crippen LogP contribution in [0, 0.1) is 0 Å². The van der Waals surface area contributed by atoms with Crippen LogP contribution in [0.4, 0.5) is 23.0 Å². The molecule has 3 N–H and O–H groups in total. The summed E-state index contributed by atoms with van der Waals surface area (Å²) < 4.78 is 63.0. The molecule has 0 bridgehead atoms. The smallest absolute Gasteiger partial charge is 0.272 e. The van der Waals surface area contributed by atoms with Gasteiger partial charge in [0.15, 0.2) is 11.6 Å². The first-order chi connectivity index (χ1) is 19.1. The second-order valence-corrected chi connectivity index (χ2v) is 13.6. The van der Waals surface area contributed by atoms with Gasteiger partial charge in [-0.15, -0.1) is 11.3 Å². The number of benzene rings is 3. The van der Waals surface area contributed by atoms with Gasteiger partial charge in [0.05, 0.1) is 26.9 Å². The first-order valence-corrected chi connectivity index (χ1v) is 16.0. The number of ether oxygens (including phenoxy) is 1. The minimum absolute atomic E-state index is 0.00635. The maximum Gasteiger partial charge on any atom is 0.272 e. The Morgan fingerprint density at radius 2 is 1.48 bits per heavy atom. The van der Waals surface area contributed by atoms with Crippen LogP contribution >= 0.6 is 22.9 Å². The Morgan fingerprint density at radius 1 is 0.775 bits per heavy atom. The molecular weight excluding hydrogens is 594 g/mol. The Kier molecular flexibility index (Phi) is 7.81. The summed E-state index contributed by atoms with van der Waals surface area (Å²) in [5, 5.41) is 3.01. The van der Waals surface area contributed by atoms with E-state index in [0.29, 0.717) is 39.1 Å². The van der Waals surface area contributed by atoms with E-state index in [2.05, 4.69) is 24.7 Å². The predicted octanol–water partition coefficient (Wildman–Crippen LogP) is 6.09. The van der Waals surface area contributed by atoms with Crippen molar-refractivity contribution >= 4 is 77.0 Å². The summed E-state index contributed by atoms with van der Waals surface area (Å²) >= 11 is 6.84. The van der Waals surface area contributed by atoms with Crippen molar-refractivity contribution in [3.63, 3.8) is 0 Å². The molecule has 14 heteroatoms. The molecule has 5 rings (SSSR count). The number of nitrogens with one attached hydrogen (secondary N) is 3. The van der Waals surface area contributed by atoms with Crippen molar-refractivity contribution < 1.29 is 21.6 Å². The van der Waals surface area contributed by atoms with Crippen molar-refractivity contribution in [2.75, 3.05) is 21.4 Å². The lowest BCUT2D eigenvalue weighted by molar-refractivity contribution is 0.340. The van der Waals surface area contributed by atoms with Crippen molar-refractivity contribution in [1.29, 1.82) is 0 Å². The van der Waals surface area contributed by atoms with Gasteiger partial charge in [-0.2, -0.15) is 0 Å². The maximum absolute atomic E-state index is 13.1. The van der Waals surface area contributed by atoms with Crippen LogP contribution in [-0.2, 0) is 20.0 Å². The zero-order valence-electron chi connectivity index (χ0n) is 20.8. The number of halogens is 1. The van der Waals surface area contributed by atoms with Crippen molar-refractivity contribution in [1.82, 2.24) is 9.97 Å². The summed E-state index contributed by atoms with van der Waals surface area (Å²) in [4.78, 5) is 8.97. The first-order valence-electron chi connectivity index (χ1n) is 11.8. The Labute approximate surface area is 240 Å². The summed E-state index contributed by atoms with van der Waals surface area (Å²) in [5.41, 5.74) is 1.69. The summed E-state index contributed by atoms with van der Waals surface area (Å²) in [7, 11) is -7.97. The van der Waals surface area contributed by atoms with Gasteiger partial charge in [0.1, 0.15) is 9.96 Å². The van der Waals surface area contributed by atoms with Crippen LogP contribution in [0.15, 0.2) is 94.0 Å². The molecule has 0 aliphatic carbocycles. The summed E-state index contributed by atoms with van der Waals surface area (Å²) in [6, 6.07) is 22.4. The number of sulfonamides is 2. The van der Waals surface area contributed by atoms with Crippen LogP contribution in [0.25, 0.3) is 11.0 Å². The molecule has 10 nitrogen and oxygen atoms in total. The Balaban J connectivity index is 1.45. The summed E-state index contributed by atoms with van der Waals surface area (Å²) in [6.45, 7) is 2.36. The quantitative estimate of drug-likeness (QED) is 0.171. The number of rotatable bonds is 10. The molecule has 0 saturated carbocycles. The molecule has 0 aliphatic rings. The fraction of sp³-hybridized carbons (Fsp3) is 0.0769. The van der Waals surface area contributed by atoms with E-state index in [1.54, 1.807) is 60.7 Å². The second kappa shape index (κ2) is 11.3. The molecule has 2 heterocycles. The zero-order valence-corrected chi connectivity index (χ0v) is 24.0. The van der Waals surface area contributed by atoms with E-state index in [9.17, 15) is 16.8 Å². The zero-order chi connectivity index (χ0) is 28.3. The Hall–Kier alpha value is -3.91. The molecule has 5 aromatic rings. The minimum Gasteiger partial charge on any atom is -0.494 e. The average molecular weight is 616 g/mol. The minimum atomic E-state index is -4.02. The largest absolute Gasteiger partial charge is 0.494 e. The fourth-order valence-electron chi connectivity index (χ4n) is 3.66. The number of fused-ring (bicyclic) bond motifs is 1. The highest BCUT2D eigenvalue weighted by molar-refractivity contribution is 7.94. The van der Waals surface area contributed by atoms with Gasteiger partial charge in [-0.05, 0) is 73.7 Å². The number of hydrogen-bond acceptors (Lipinski definition) is 9. The Bertz CT molecular complexity index is 1900. The van der Waals surface area contributed by atoms with Crippen LogP contribution in [0.2, 0.25) is 4.34 Å². The van der Waals surface area contributed by atoms with Gasteiger partial charge in [-0.3, -0.25) is 9.44 Å². The average Bonchev–Trinajstić information content (AvgIpc) is 3.37. The predicted molar refractivity (Wildman–Crippen MR) is 158 cm³/mol. The van der Waals surface area contributed by atoms with Gasteiger partial charge in [0, 0.05) is 11.4 Å². The van der Waals surface area contributed by atoms with Crippen LogP contribution in [0.1, 0.15) is 6.92 Å². The third kappa shape index (κ3) is 6.28.